The molecule has 6 heteroatoms. The van der Waals surface area contributed by atoms with Gasteiger partial charge in [0.05, 0.1) is 0 Å². The number of amides is 1. The summed E-state index contributed by atoms with van der Waals surface area (Å²) in [5.74, 6) is -0.741. The van der Waals surface area contributed by atoms with Crippen molar-refractivity contribution in [3.63, 3.8) is 0 Å². The average molecular weight is 329 g/mol. The molecular formula is C13H17BrN2O3. The predicted octanol–water partition coefficient (Wildman–Crippen LogP) is 2.46. The van der Waals surface area contributed by atoms with Gasteiger partial charge < -0.3 is 10.4 Å². The SMILES string of the molecule is CC(CCNC(=O)c1ncccc1Br)CCC(=O)O. The van der Waals surface area contributed by atoms with Crippen LogP contribution >= 0.6 is 15.9 Å². The molecule has 0 fully saturated rings. The van der Waals surface area contributed by atoms with Crippen molar-refractivity contribution in [2.24, 2.45) is 5.92 Å². The zero-order valence-electron chi connectivity index (χ0n) is 10.7. The largest absolute Gasteiger partial charge is 0.481 e. The number of aromatic nitrogens is 1. The number of hydrogen-bond acceptors (Lipinski definition) is 3. The van der Waals surface area contributed by atoms with Crippen molar-refractivity contribution >= 4 is 27.8 Å². The second-order valence-electron chi connectivity index (χ2n) is 4.42. The zero-order valence-corrected chi connectivity index (χ0v) is 12.3. The van der Waals surface area contributed by atoms with E-state index in [1.807, 2.05) is 6.92 Å². The Kier molecular flexibility index (Phi) is 6.49. The van der Waals surface area contributed by atoms with E-state index in [0.29, 0.717) is 23.1 Å². The fourth-order valence-electron chi connectivity index (χ4n) is 1.58. The lowest BCUT2D eigenvalue weighted by molar-refractivity contribution is -0.137. The molecule has 19 heavy (non-hydrogen) atoms. The van der Waals surface area contributed by atoms with Gasteiger partial charge in [0.15, 0.2) is 0 Å². The molecule has 1 aromatic heterocycles. The highest BCUT2D eigenvalue weighted by Gasteiger charge is 2.11. The number of halogens is 1. The van der Waals surface area contributed by atoms with E-state index >= 15 is 0 Å². The normalized spacial score (nSPS) is 11.9. The van der Waals surface area contributed by atoms with Crippen LogP contribution in [0.4, 0.5) is 0 Å². The molecule has 0 aliphatic rings. The number of aliphatic carboxylic acids is 1. The smallest absolute Gasteiger partial charge is 0.303 e. The molecule has 2 N–H and O–H groups in total. The molecule has 0 bridgehead atoms. The third-order valence-electron chi connectivity index (χ3n) is 2.75. The number of rotatable bonds is 7. The minimum Gasteiger partial charge on any atom is -0.481 e. The quantitative estimate of drug-likeness (QED) is 0.805. The van der Waals surface area contributed by atoms with Crippen LogP contribution in [0.25, 0.3) is 0 Å². The number of pyridine rings is 1. The molecule has 1 unspecified atom stereocenters. The van der Waals surface area contributed by atoms with Crippen LogP contribution in [-0.4, -0.2) is 28.5 Å². The number of carbonyl (C=O) groups excluding carboxylic acids is 1. The molecule has 0 saturated carbocycles. The Morgan fingerprint density at radius 1 is 1.47 bits per heavy atom. The van der Waals surface area contributed by atoms with Gasteiger partial charge in [-0.05, 0) is 46.8 Å². The maximum absolute atomic E-state index is 11.8. The molecule has 0 saturated heterocycles. The Balaban J connectivity index is 2.31. The van der Waals surface area contributed by atoms with Crippen molar-refractivity contribution < 1.29 is 14.7 Å². The van der Waals surface area contributed by atoms with Crippen LogP contribution in [-0.2, 0) is 4.79 Å². The molecule has 1 heterocycles. The Hall–Kier alpha value is -1.43. The maximum Gasteiger partial charge on any atom is 0.303 e. The highest BCUT2D eigenvalue weighted by molar-refractivity contribution is 9.10. The molecule has 5 nitrogen and oxygen atoms in total. The van der Waals surface area contributed by atoms with Crippen molar-refractivity contribution in [1.29, 1.82) is 0 Å². The topological polar surface area (TPSA) is 79.3 Å². The Bertz CT molecular complexity index is 451. The highest BCUT2D eigenvalue weighted by atomic mass is 79.9. The van der Waals surface area contributed by atoms with Gasteiger partial charge >= 0.3 is 5.97 Å². The fourth-order valence-corrected chi connectivity index (χ4v) is 2.02. The van der Waals surface area contributed by atoms with Crippen molar-refractivity contribution in [3.05, 3.63) is 28.5 Å². The van der Waals surface area contributed by atoms with Gasteiger partial charge in [0.25, 0.3) is 5.91 Å². The van der Waals surface area contributed by atoms with Gasteiger partial charge in [-0.3, -0.25) is 9.59 Å². The van der Waals surface area contributed by atoms with Gasteiger partial charge in [0.1, 0.15) is 5.69 Å². The molecule has 1 atom stereocenters. The summed E-state index contributed by atoms with van der Waals surface area (Å²) in [6.07, 6.45) is 3.11. The second kappa shape index (κ2) is 7.89. The van der Waals surface area contributed by atoms with Crippen LogP contribution in [0.5, 0.6) is 0 Å². The fraction of sp³-hybridized carbons (Fsp3) is 0.462. The van der Waals surface area contributed by atoms with Crippen molar-refractivity contribution in [1.82, 2.24) is 10.3 Å². The molecule has 0 aromatic carbocycles. The minimum atomic E-state index is -0.784. The summed E-state index contributed by atoms with van der Waals surface area (Å²) in [5.41, 5.74) is 0.362. The summed E-state index contributed by atoms with van der Waals surface area (Å²) in [4.78, 5) is 26.2. The number of nitrogens with one attached hydrogen (secondary N) is 1. The Labute approximate surface area is 120 Å². The summed E-state index contributed by atoms with van der Waals surface area (Å²) in [5, 5.41) is 11.4. The van der Waals surface area contributed by atoms with Gasteiger partial charge in [0.2, 0.25) is 0 Å². The molecule has 1 rings (SSSR count). The van der Waals surface area contributed by atoms with E-state index in [2.05, 4.69) is 26.2 Å². The van der Waals surface area contributed by atoms with Crippen molar-refractivity contribution in [3.8, 4) is 0 Å². The van der Waals surface area contributed by atoms with E-state index in [1.54, 1.807) is 18.3 Å². The summed E-state index contributed by atoms with van der Waals surface area (Å²) in [7, 11) is 0. The molecule has 1 amide bonds. The average Bonchev–Trinajstić information content (AvgIpc) is 2.36. The lowest BCUT2D eigenvalue weighted by atomic mass is 10.0. The molecule has 104 valence electrons. The van der Waals surface area contributed by atoms with E-state index < -0.39 is 5.97 Å². The molecule has 0 aliphatic heterocycles. The predicted molar refractivity (Wildman–Crippen MR) is 74.9 cm³/mol. The van der Waals surface area contributed by atoms with Crippen LogP contribution in [0.3, 0.4) is 0 Å². The standard InChI is InChI=1S/C13H17BrN2O3/c1-9(4-5-11(17)18)6-8-16-13(19)12-10(14)3-2-7-15-12/h2-3,7,9H,4-6,8H2,1H3,(H,16,19)(H,17,18). The van der Waals surface area contributed by atoms with Crippen LogP contribution in [0.2, 0.25) is 0 Å². The highest BCUT2D eigenvalue weighted by Crippen LogP contribution is 2.13. The molecular weight excluding hydrogens is 312 g/mol. The molecule has 0 radical (unpaired) electrons. The van der Waals surface area contributed by atoms with Gasteiger partial charge in [-0.2, -0.15) is 0 Å². The van der Waals surface area contributed by atoms with E-state index in [1.165, 1.54) is 0 Å². The first-order valence-corrected chi connectivity index (χ1v) is 6.90. The monoisotopic (exact) mass is 328 g/mol. The molecule has 0 spiro atoms. The lowest BCUT2D eigenvalue weighted by Crippen LogP contribution is -2.26. The van der Waals surface area contributed by atoms with Gasteiger partial charge in [-0.1, -0.05) is 6.92 Å². The van der Waals surface area contributed by atoms with E-state index in [0.717, 1.165) is 6.42 Å². The Morgan fingerprint density at radius 2 is 2.21 bits per heavy atom. The van der Waals surface area contributed by atoms with Gasteiger partial charge in [0, 0.05) is 23.6 Å². The first-order chi connectivity index (χ1) is 9.00. The first-order valence-electron chi connectivity index (χ1n) is 6.11. The summed E-state index contributed by atoms with van der Waals surface area (Å²) < 4.78 is 0.659. The maximum atomic E-state index is 11.8. The van der Waals surface area contributed by atoms with Crippen molar-refractivity contribution in [2.45, 2.75) is 26.2 Å². The summed E-state index contributed by atoms with van der Waals surface area (Å²) in [6, 6.07) is 3.51. The number of carboxylic acid groups (broad SMARTS) is 1. The molecule has 1 aromatic rings. The van der Waals surface area contributed by atoms with Crippen LogP contribution < -0.4 is 5.32 Å². The van der Waals surface area contributed by atoms with Crippen LogP contribution in [0.15, 0.2) is 22.8 Å². The summed E-state index contributed by atoms with van der Waals surface area (Å²) >= 11 is 3.27. The Morgan fingerprint density at radius 3 is 2.84 bits per heavy atom. The number of carboxylic acids is 1. The lowest BCUT2D eigenvalue weighted by Gasteiger charge is -2.10. The molecule has 0 aliphatic carbocycles. The van der Waals surface area contributed by atoms with Crippen LogP contribution in [0.1, 0.15) is 36.7 Å². The summed E-state index contributed by atoms with van der Waals surface area (Å²) in [6.45, 7) is 2.49. The van der Waals surface area contributed by atoms with E-state index in [-0.39, 0.29) is 18.2 Å². The van der Waals surface area contributed by atoms with Crippen LogP contribution in [0, 0.1) is 5.92 Å². The van der Waals surface area contributed by atoms with Gasteiger partial charge in [-0.25, -0.2) is 4.98 Å². The zero-order chi connectivity index (χ0) is 14.3. The first kappa shape index (κ1) is 15.6. The second-order valence-corrected chi connectivity index (χ2v) is 5.27. The van der Waals surface area contributed by atoms with E-state index in [9.17, 15) is 9.59 Å². The minimum absolute atomic E-state index is 0.168. The third-order valence-corrected chi connectivity index (χ3v) is 3.39. The number of nitrogens with zero attached hydrogens (tertiary/aromatic N) is 1. The number of hydrogen-bond donors (Lipinski definition) is 2. The van der Waals surface area contributed by atoms with E-state index in [4.69, 9.17) is 5.11 Å². The van der Waals surface area contributed by atoms with Gasteiger partial charge in [-0.15, -0.1) is 0 Å². The third kappa shape index (κ3) is 5.83. The number of carbonyl (C=O) groups is 2. The van der Waals surface area contributed by atoms with Crippen molar-refractivity contribution in [2.75, 3.05) is 6.54 Å².